The first-order valence-electron chi connectivity index (χ1n) is 7.47. The maximum atomic E-state index is 13.1. The Morgan fingerprint density at radius 2 is 1.87 bits per heavy atom. The number of carbonyl (C=O) groups is 1. The SMILES string of the molecule is Cc1cc(C(=O)NCCCCN)c(C)n1-c1ccc(F)cc1.Cl. The van der Waals surface area contributed by atoms with Gasteiger partial charge in [-0.15, -0.1) is 12.4 Å². The average Bonchev–Trinajstić information content (AvgIpc) is 2.80. The van der Waals surface area contributed by atoms with Crippen molar-refractivity contribution in [3.8, 4) is 5.69 Å². The molecule has 0 saturated heterocycles. The number of halogens is 2. The van der Waals surface area contributed by atoms with Gasteiger partial charge in [-0.2, -0.15) is 0 Å². The van der Waals surface area contributed by atoms with Crippen LogP contribution in [0.3, 0.4) is 0 Å². The molecular weight excluding hydrogens is 317 g/mol. The Kier molecular flexibility index (Phi) is 7.26. The number of hydrogen-bond donors (Lipinski definition) is 2. The molecule has 0 aliphatic heterocycles. The van der Waals surface area contributed by atoms with Crippen molar-refractivity contribution in [3.05, 3.63) is 53.1 Å². The van der Waals surface area contributed by atoms with Gasteiger partial charge in [0.1, 0.15) is 5.82 Å². The number of rotatable bonds is 6. The van der Waals surface area contributed by atoms with Crippen LogP contribution in [0.1, 0.15) is 34.6 Å². The molecule has 0 fully saturated rings. The van der Waals surface area contributed by atoms with E-state index in [0.717, 1.165) is 29.9 Å². The number of nitrogens with zero attached hydrogens (tertiary/aromatic N) is 1. The van der Waals surface area contributed by atoms with Crippen molar-refractivity contribution >= 4 is 18.3 Å². The van der Waals surface area contributed by atoms with Crippen LogP contribution in [0.4, 0.5) is 4.39 Å². The topological polar surface area (TPSA) is 60.1 Å². The van der Waals surface area contributed by atoms with E-state index in [1.165, 1.54) is 12.1 Å². The number of amides is 1. The smallest absolute Gasteiger partial charge is 0.253 e. The molecule has 23 heavy (non-hydrogen) atoms. The van der Waals surface area contributed by atoms with Crippen LogP contribution >= 0.6 is 12.4 Å². The average molecular weight is 340 g/mol. The second-order valence-electron chi connectivity index (χ2n) is 5.35. The van der Waals surface area contributed by atoms with Gasteiger partial charge in [0, 0.05) is 23.6 Å². The van der Waals surface area contributed by atoms with E-state index >= 15 is 0 Å². The van der Waals surface area contributed by atoms with Gasteiger partial charge in [0.25, 0.3) is 5.91 Å². The van der Waals surface area contributed by atoms with Gasteiger partial charge in [-0.05, 0) is 63.6 Å². The maximum absolute atomic E-state index is 13.1. The van der Waals surface area contributed by atoms with Gasteiger partial charge in [0.15, 0.2) is 0 Å². The molecule has 126 valence electrons. The molecule has 1 heterocycles. The van der Waals surface area contributed by atoms with Crippen LogP contribution in [0.5, 0.6) is 0 Å². The van der Waals surface area contributed by atoms with Gasteiger partial charge in [0.2, 0.25) is 0 Å². The van der Waals surface area contributed by atoms with Gasteiger partial charge < -0.3 is 15.6 Å². The van der Waals surface area contributed by atoms with Gasteiger partial charge in [-0.3, -0.25) is 4.79 Å². The molecule has 1 aromatic carbocycles. The Hall–Kier alpha value is -1.85. The Balaban J connectivity index is 0.00000264. The molecule has 0 radical (unpaired) electrons. The normalized spacial score (nSPS) is 10.3. The lowest BCUT2D eigenvalue weighted by Gasteiger charge is -2.10. The van der Waals surface area contributed by atoms with Gasteiger partial charge in [-0.1, -0.05) is 0 Å². The van der Waals surface area contributed by atoms with Crippen molar-refractivity contribution in [2.24, 2.45) is 5.73 Å². The fraction of sp³-hybridized carbons (Fsp3) is 0.353. The summed E-state index contributed by atoms with van der Waals surface area (Å²) in [5, 5.41) is 2.91. The number of carbonyl (C=O) groups excluding carboxylic acids is 1. The Morgan fingerprint density at radius 3 is 2.48 bits per heavy atom. The van der Waals surface area contributed by atoms with Crippen molar-refractivity contribution in [2.45, 2.75) is 26.7 Å². The van der Waals surface area contributed by atoms with Crippen LogP contribution in [0.25, 0.3) is 5.69 Å². The lowest BCUT2D eigenvalue weighted by Crippen LogP contribution is -2.25. The molecule has 4 nitrogen and oxygen atoms in total. The summed E-state index contributed by atoms with van der Waals surface area (Å²) < 4.78 is 15.0. The molecule has 1 amide bonds. The van der Waals surface area contributed by atoms with Crippen LogP contribution < -0.4 is 11.1 Å². The fourth-order valence-electron chi connectivity index (χ4n) is 2.55. The van der Waals surface area contributed by atoms with Crippen molar-refractivity contribution < 1.29 is 9.18 Å². The number of hydrogen-bond acceptors (Lipinski definition) is 2. The highest BCUT2D eigenvalue weighted by molar-refractivity contribution is 5.95. The van der Waals surface area contributed by atoms with Crippen LogP contribution in [0.2, 0.25) is 0 Å². The fourth-order valence-corrected chi connectivity index (χ4v) is 2.55. The highest BCUT2D eigenvalue weighted by atomic mass is 35.5. The molecule has 3 N–H and O–H groups in total. The summed E-state index contributed by atoms with van der Waals surface area (Å²) in [5.74, 6) is -0.359. The molecular formula is C17H23ClFN3O. The van der Waals surface area contributed by atoms with Gasteiger partial charge >= 0.3 is 0 Å². The summed E-state index contributed by atoms with van der Waals surface area (Å²) in [6.07, 6.45) is 1.77. The molecule has 2 rings (SSSR count). The number of nitrogens with one attached hydrogen (secondary N) is 1. The molecule has 0 unspecified atom stereocenters. The first-order chi connectivity index (χ1) is 10.5. The van der Waals surface area contributed by atoms with E-state index in [1.54, 1.807) is 12.1 Å². The zero-order valence-corrected chi connectivity index (χ0v) is 14.3. The summed E-state index contributed by atoms with van der Waals surface area (Å²) in [6, 6.07) is 8.11. The molecule has 0 saturated carbocycles. The van der Waals surface area contributed by atoms with Crippen molar-refractivity contribution in [1.29, 1.82) is 0 Å². The largest absolute Gasteiger partial charge is 0.352 e. The van der Waals surface area contributed by atoms with Crippen molar-refractivity contribution in [3.63, 3.8) is 0 Å². The first kappa shape index (κ1) is 19.2. The van der Waals surface area contributed by atoms with E-state index in [4.69, 9.17) is 5.73 Å². The molecule has 2 aromatic rings. The monoisotopic (exact) mass is 339 g/mol. The van der Waals surface area contributed by atoms with Crippen LogP contribution in [-0.2, 0) is 0 Å². The summed E-state index contributed by atoms with van der Waals surface area (Å²) >= 11 is 0. The summed E-state index contributed by atoms with van der Waals surface area (Å²) in [7, 11) is 0. The minimum atomic E-state index is -0.274. The Morgan fingerprint density at radius 1 is 1.22 bits per heavy atom. The van der Waals surface area contributed by atoms with Crippen LogP contribution in [0, 0.1) is 19.7 Å². The highest BCUT2D eigenvalue weighted by Gasteiger charge is 2.16. The lowest BCUT2D eigenvalue weighted by atomic mass is 10.2. The molecule has 6 heteroatoms. The summed E-state index contributed by atoms with van der Waals surface area (Å²) in [4.78, 5) is 12.3. The molecule has 0 aliphatic carbocycles. The van der Waals surface area contributed by atoms with E-state index < -0.39 is 0 Å². The summed E-state index contributed by atoms with van der Waals surface area (Å²) in [5.41, 5.74) is 8.72. The third kappa shape index (κ3) is 4.56. The Labute approximate surface area is 142 Å². The van der Waals surface area contributed by atoms with E-state index in [1.807, 2.05) is 24.5 Å². The summed E-state index contributed by atoms with van der Waals surface area (Å²) in [6.45, 7) is 5.08. The van der Waals surface area contributed by atoms with Crippen molar-refractivity contribution in [2.75, 3.05) is 13.1 Å². The number of benzene rings is 1. The zero-order chi connectivity index (χ0) is 16.1. The standard InChI is InChI=1S/C17H22FN3O.ClH/c1-12-11-16(17(22)20-10-4-3-9-19)13(2)21(12)15-7-5-14(18)6-8-15;/h5-8,11H,3-4,9-10,19H2,1-2H3,(H,20,22);1H. The van der Waals surface area contributed by atoms with Crippen LogP contribution in [0.15, 0.2) is 30.3 Å². The maximum Gasteiger partial charge on any atom is 0.253 e. The predicted molar refractivity (Wildman–Crippen MR) is 93.1 cm³/mol. The molecule has 1 aromatic heterocycles. The molecule has 0 aliphatic rings. The molecule has 0 bridgehead atoms. The lowest BCUT2D eigenvalue weighted by molar-refractivity contribution is 0.0952. The zero-order valence-electron chi connectivity index (χ0n) is 13.4. The van der Waals surface area contributed by atoms with E-state index in [2.05, 4.69) is 5.32 Å². The van der Waals surface area contributed by atoms with Crippen LogP contribution in [-0.4, -0.2) is 23.6 Å². The van der Waals surface area contributed by atoms with Gasteiger partial charge in [-0.25, -0.2) is 4.39 Å². The second-order valence-corrected chi connectivity index (χ2v) is 5.35. The number of nitrogens with two attached hydrogens (primary N) is 1. The molecule has 0 spiro atoms. The van der Waals surface area contributed by atoms with E-state index in [9.17, 15) is 9.18 Å². The van der Waals surface area contributed by atoms with Gasteiger partial charge in [0.05, 0.1) is 5.56 Å². The predicted octanol–water partition coefficient (Wildman–Crippen LogP) is 3.12. The number of aryl methyl sites for hydroxylation is 1. The van der Waals surface area contributed by atoms with E-state index in [-0.39, 0.29) is 24.1 Å². The molecule has 0 atom stereocenters. The van der Waals surface area contributed by atoms with Crippen molar-refractivity contribution in [1.82, 2.24) is 9.88 Å². The number of aromatic nitrogens is 1. The highest BCUT2D eigenvalue weighted by Crippen LogP contribution is 2.21. The third-order valence-electron chi connectivity index (χ3n) is 3.68. The minimum absolute atomic E-state index is 0. The third-order valence-corrected chi connectivity index (χ3v) is 3.68. The van der Waals surface area contributed by atoms with E-state index in [0.29, 0.717) is 18.7 Å². The number of unbranched alkanes of at least 4 members (excludes halogenated alkanes) is 1. The quantitative estimate of drug-likeness (QED) is 0.794. The Bertz CT molecular complexity index is 653. The first-order valence-corrected chi connectivity index (χ1v) is 7.47. The second kappa shape index (κ2) is 8.70. The minimum Gasteiger partial charge on any atom is -0.352 e.